The molecule has 1 atom stereocenters. The van der Waals surface area contributed by atoms with E-state index >= 15 is 0 Å². The van der Waals surface area contributed by atoms with Crippen LogP contribution < -0.4 is 5.32 Å². The molecule has 23 heavy (non-hydrogen) atoms. The molecule has 1 fully saturated rings. The van der Waals surface area contributed by atoms with Crippen LogP contribution in [0.3, 0.4) is 0 Å². The molecule has 1 N–H and O–H groups in total. The van der Waals surface area contributed by atoms with E-state index < -0.39 is 11.2 Å². The van der Waals surface area contributed by atoms with Crippen molar-refractivity contribution in [2.24, 2.45) is 0 Å². The van der Waals surface area contributed by atoms with Gasteiger partial charge in [0.2, 0.25) is 5.91 Å². The number of ether oxygens (including phenoxy) is 2. The van der Waals surface area contributed by atoms with Gasteiger partial charge in [-0.05, 0) is 33.6 Å². The Balaban J connectivity index is 2.49. The Morgan fingerprint density at radius 2 is 2.09 bits per heavy atom. The zero-order valence-corrected chi connectivity index (χ0v) is 14.5. The summed E-state index contributed by atoms with van der Waals surface area (Å²) in [7, 11) is 0. The molecular weight excluding hydrogens is 298 g/mol. The van der Waals surface area contributed by atoms with E-state index in [1.54, 1.807) is 4.90 Å². The first-order valence-corrected chi connectivity index (χ1v) is 7.97. The van der Waals surface area contributed by atoms with Gasteiger partial charge in [-0.3, -0.25) is 4.79 Å². The third-order valence-electron chi connectivity index (χ3n) is 3.68. The van der Waals surface area contributed by atoms with Gasteiger partial charge in [0.15, 0.2) is 0 Å². The minimum Gasteiger partial charge on any atom is -0.444 e. The predicted molar refractivity (Wildman–Crippen MR) is 84.6 cm³/mol. The van der Waals surface area contributed by atoms with E-state index in [9.17, 15) is 9.59 Å². The average molecular weight is 325 g/mol. The highest BCUT2D eigenvalue weighted by molar-refractivity contribution is 5.77. The molecule has 1 rings (SSSR count). The lowest BCUT2D eigenvalue weighted by Gasteiger charge is -2.29. The molecule has 0 radical (unpaired) electrons. The molecule has 1 heterocycles. The van der Waals surface area contributed by atoms with Gasteiger partial charge in [0, 0.05) is 13.1 Å². The molecule has 7 heteroatoms. The van der Waals surface area contributed by atoms with Crippen LogP contribution in [0.15, 0.2) is 0 Å². The zero-order chi connectivity index (χ0) is 17.5. The molecule has 1 aliphatic rings. The maximum absolute atomic E-state index is 12.1. The predicted octanol–water partition coefficient (Wildman–Crippen LogP) is 1.82. The Kier molecular flexibility index (Phi) is 6.82. The van der Waals surface area contributed by atoms with E-state index in [-0.39, 0.29) is 25.0 Å². The number of likely N-dealkylation sites (tertiary alicyclic amines) is 1. The van der Waals surface area contributed by atoms with E-state index in [1.807, 2.05) is 33.8 Å². The topological polar surface area (TPSA) is 91.7 Å². The molecule has 0 aromatic rings. The Hall–Kier alpha value is -1.81. The molecule has 0 saturated carbocycles. The first-order chi connectivity index (χ1) is 10.7. The third kappa shape index (κ3) is 6.45. The normalized spacial score (nSPS) is 20.9. The van der Waals surface area contributed by atoms with Crippen LogP contribution >= 0.6 is 0 Å². The van der Waals surface area contributed by atoms with Crippen molar-refractivity contribution >= 4 is 12.0 Å². The van der Waals surface area contributed by atoms with E-state index in [2.05, 4.69) is 5.32 Å². The molecule has 0 spiro atoms. The fraction of sp³-hybridized carbons (Fsp3) is 0.812. The van der Waals surface area contributed by atoms with Crippen LogP contribution in [0.2, 0.25) is 0 Å². The van der Waals surface area contributed by atoms with Crippen LogP contribution in [-0.4, -0.2) is 54.3 Å². The molecular formula is C16H27N3O4. The number of nitrogens with one attached hydrogen (secondary N) is 1. The number of hydrogen-bond donors (Lipinski definition) is 1. The standard InChI is InChI=1S/C16H27N3O4/c1-5-16(22-11-13(20)18-9-6-8-17)7-10-19(12-16)14(21)23-15(2,3)4/h5-7,9-12H2,1-4H3,(H,18,20). The summed E-state index contributed by atoms with van der Waals surface area (Å²) in [5.74, 6) is -0.246. The number of nitrogens with zero attached hydrogens (tertiary/aromatic N) is 2. The van der Waals surface area contributed by atoms with E-state index in [0.29, 0.717) is 32.5 Å². The maximum atomic E-state index is 12.1. The van der Waals surface area contributed by atoms with Crippen molar-refractivity contribution in [2.45, 2.75) is 58.2 Å². The first-order valence-electron chi connectivity index (χ1n) is 7.97. The van der Waals surface area contributed by atoms with Crippen molar-refractivity contribution in [3.8, 4) is 6.07 Å². The Bertz CT molecular complexity index is 467. The molecule has 0 aliphatic carbocycles. The van der Waals surface area contributed by atoms with Gasteiger partial charge < -0.3 is 19.7 Å². The minimum absolute atomic E-state index is 0.0680. The van der Waals surface area contributed by atoms with Crippen LogP contribution in [-0.2, 0) is 14.3 Å². The monoisotopic (exact) mass is 325 g/mol. The Morgan fingerprint density at radius 3 is 2.65 bits per heavy atom. The fourth-order valence-corrected chi connectivity index (χ4v) is 2.36. The molecule has 0 aromatic carbocycles. The van der Waals surface area contributed by atoms with E-state index in [4.69, 9.17) is 14.7 Å². The quantitative estimate of drug-likeness (QED) is 0.752. The van der Waals surface area contributed by atoms with Gasteiger partial charge in [-0.15, -0.1) is 0 Å². The highest BCUT2D eigenvalue weighted by Gasteiger charge is 2.41. The van der Waals surface area contributed by atoms with Crippen molar-refractivity contribution in [2.75, 3.05) is 26.2 Å². The zero-order valence-electron chi connectivity index (χ0n) is 14.5. The van der Waals surface area contributed by atoms with Crippen LogP contribution in [0.5, 0.6) is 0 Å². The van der Waals surface area contributed by atoms with Gasteiger partial charge in [-0.25, -0.2) is 4.79 Å². The van der Waals surface area contributed by atoms with E-state index in [1.165, 1.54) is 0 Å². The van der Waals surface area contributed by atoms with Gasteiger partial charge in [0.25, 0.3) is 0 Å². The molecule has 1 saturated heterocycles. The second kappa shape index (κ2) is 8.16. The van der Waals surface area contributed by atoms with Gasteiger partial charge in [-0.2, -0.15) is 5.26 Å². The van der Waals surface area contributed by atoms with Crippen LogP contribution in [0, 0.1) is 11.3 Å². The summed E-state index contributed by atoms with van der Waals surface area (Å²) < 4.78 is 11.2. The van der Waals surface area contributed by atoms with Gasteiger partial charge in [0.05, 0.1) is 24.6 Å². The van der Waals surface area contributed by atoms with Crippen molar-refractivity contribution in [1.82, 2.24) is 10.2 Å². The lowest BCUT2D eigenvalue weighted by Crippen LogP contribution is -2.42. The van der Waals surface area contributed by atoms with Gasteiger partial charge in [-0.1, -0.05) is 6.92 Å². The second-order valence-electron chi connectivity index (χ2n) is 6.74. The molecule has 0 bridgehead atoms. The minimum atomic E-state index is -0.532. The molecule has 130 valence electrons. The van der Waals surface area contributed by atoms with Crippen molar-refractivity contribution in [3.63, 3.8) is 0 Å². The summed E-state index contributed by atoms with van der Waals surface area (Å²) in [6.45, 7) is 8.69. The lowest BCUT2D eigenvalue weighted by atomic mass is 10.00. The smallest absolute Gasteiger partial charge is 0.410 e. The molecule has 1 unspecified atom stereocenters. The third-order valence-corrected chi connectivity index (χ3v) is 3.68. The highest BCUT2D eigenvalue weighted by atomic mass is 16.6. The second-order valence-corrected chi connectivity index (χ2v) is 6.74. The van der Waals surface area contributed by atoms with Crippen LogP contribution in [0.1, 0.15) is 47.0 Å². The summed E-state index contributed by atoms with van der Waals surface area (Å²) in [5.41, 5.74) is -1.04. The van der Waals surface area contributed by atoms with Gasteiger partial charge in [0.1, 0.15) is 12.2 Å². The number of amides is 2. The van der Waals surface area contributed by atoms with E-state index in [0.717, 1.165) is 0 Å². The largest absolute Gasteiger partial charge is 0.444 e. The number of hydrogen-bond acceptors (Lipinski definition) is 5. The summed E-state index contributed by atoms with van der Waals surface area (Å²) in [6.07, 6.45) is 1.30. The molecule has 2 amide bonds. The summed E-state index contributed by atoms with van der Waals surface area (Å²) >= 11 is 0. The molecule has 0 aromatic heterocycles. The Labute approximate surface area is 137 Å². The van der Waals surface area contributed by atoms with Gasteiger partial charge >= 0.3 is 6.09 Å². The summed E-state index contributed by atoms with van der Waals surface area (Å²) in [4.78, 5) is 25.4. The van der Waals surface area contributed by atoms with Crippen LogP contribution in [0.25, 0.3) is 0 Å². The number of nitriles is 1. The summed E-state index contributed by atoms with van der Waals surface area (Å²) in [6, 6.07) is 1.96. The van der Waals surface area contributed by atoms with Crippen molar-refractivity contribution in [3.05, 3.63) is 0 Å². The number of carbonyl (C=O) groups excluding carboxylic acids is 2. The lowest BCUT2D eigenvalue weighted by molar-refractivity contribution is -0.132. The van der Waals surface area contributed by atoms with Crippen LogP contribution in [0.4, 0.5) is 4.79 Å². The Morgan fingerprint density at radius 1 is 1.39 bits per heavy atom. The maximum Gasteiger partial charge on any atom is 0.410 e. The van der Waals surface area contributed by atoms with Crippen molar-refractivity contribution in [1.29, 1.82) is 5.26 Å². The molecule has 7 nitrogen and oxygen atoms in total. The first kappa shape index (κ1) is 19.2. The van der Waals surface area contributed by atoms with Crippen molar-refractivity contribution < 1.29 is 19.1 Å². The fourth-order valence-electron chi connectivity index (χ4n) is 2.36. The highest BCUT2D eigenvalue weighted by Crippen LogP contribution is 2.29. The number of carbonyl (C=O) groups is 2. The molecule has 1 aliphatic heterocycles. The number of rotatable bonds is 6. The SMILES string of the molecule is CCC1(OCC(=O)NCCC#N)CCN(C(=O)OC(C)(C)C)C1. The summed E-state index contributed by atoms with van der Waals surface area (Å²) in [5, 5.41) is 11.1. The average Bonchev–Trinajstić information content (AvgIpc) is 2.89.